The normalized spacial score (nSPS) is 13.6. The number of para-hydroxylation sites is 1. The molecule has 0 amide bonds. The second-order valence-electron chi connectivity index (χ2n) is 7.81. The average Bonchev–Trinajstić information content (AvgIpc) is 3.06. The van der Waals surface area contributed by atoms with Crippen molar-refractivity contribution < 1.29 is 17.6 Å². The second-order valence-corrected chi connectivity index (χ2v) is 10.7. The lowest BCUT2D eigenvalue weighted by atomic mass is 10.2. The van der Waals surface area contributed by atoms with Crippen LogP contribution in [0.5, 0.6) is 5.75 Å². The zero-order chi connectivity index (χ0) is 21.7. The Balaban J connectivity index is 0.00000450. The van der Waals surface area contributed by atoms with E-state index >= 15 is 0 Å². The average molecular weight is 551 g/mol. The van der Waals surface area contributed by atoms with Crippen LogP contribution in [0.1, 0.15) is 53.3 Å². The van der Waals surface area contributed by atoms with Gasteiger partial charge in [-0.05, 0) is 53.7 Å². The van der Waals surface area contributed by atoms with E-state index in [2.05, 4.69) is 15.6 Å². The Morgan fingerprint density at radius 1 is 1.27 bits per heavy atom. The summed E-state index contributed by atoms with van der Waals surface area (Å²) in [6.45, 7) is 12.4. The lowest BCUT2D eigenvalue weighted by Crippen LogP contribution is -2.39. The van der Waals surface area contributed by atoms with Crippen molar-refractivity contribution in [1.82, 2.24) is 10.6 Å². The monoisotopic (exact) mass is 551 g/mol. The molecule has 0 saturated carbocycles. The number of guanidine groups is 1. The fraction of sp³-hybridized carbons (Fsp3) is 0.571. The van der Waals surface area contributed by atoms with E-state index in [-0.39, 0.29) is 42.3 Å². The molecule has 2 aromatic rings. The molecule has 1 unspecified atom stereocenters. The van der Waals surface area contributed by atoms with E-state index in [4.69, 9.17) is 9.15 Å². The standard InChI is InChI=1S/C21H33N3O4S.HI/c1-7-22-20(23-12-13-29(25,26)21(4,5)6)24-15(3)18-14-16-10-9-11-17(27-8-2)19(16)28-18;/h9-11,14-15H,7-8,12-13H2,1-6H3,(H2,22,23,24);1H. The second kappa shape index (κ2) is 11.2. The molecule has 30 heavy (non-hydrogen) atoms. The van der Waals surface area contributed by atoms with Crippen molar-refractivity contribution in [1.29, 1.82) is 0 Å². The van der Waals surface area contributed by atoms with Crippen molar-refractivity contribution in [2.24, 2.45) is 4.99 Å². The Hall–Kier alpha value is -1.49. The van der Waals surface area contributed by atoms with Crippen LogP contribution < -0.4 is 15.4 Å². The topological polar surface area (TPSA) is 92.9 Å². The number of fused-ring (bicyclic) bond motifs is 1. The summed E-state index contributed by atoms with van der Waals surface area (Å²) in [4.78, 5) is 4.43. The van der Waals surface area contributed by atoms with Crippen LogP contribution in [0, 0.1) is 0 Å². The van der Waals surface area contributed by atoms with Gasteiger partial charge >= 0.3 is 0 Å². The maximum atomic E-state index is 12.3. The van der Waals surface area contributed by atoms with Crippen LogP contribution in [0.25, 0.3) is 11.0 Å². The Morgan fingerprint density at radius 2 is 1.97 bits per heavy atom. The highest BCUT2D eigenvalue weighted by Crippen LogP contribution is 2.31. The van der Waals surface area contributed by atoms with E-state index in [9.17, 15) is 8.42 Å². The summed E-state index contributed by atoms with van der Waals surface area (Å²) in [6, 6.07) is 7.62. The maximum absolute atomic E-state index is 12.3. The number of benzene rings is 1. The van der Waals surface area contributed by atoms with Gasteiger partial charge in [0.05, 0.1) is 29.7 Å². The van der Waals surface area contributed by atoms with Crippen LogP contribution in [0.4, 0.5) is 0 Å². The van der Waals surface area contributed by atoms with E-state index in [1.54, 1.807) is 20.8 Å². The number of nitrogens with zero attached hydrogens (tertiary/aromatic N) is 1. The SMILES string of the molecule is CCNC(=NCCS(=O)(=O)C(C)(C)C)NC(C)c1cc2cccc(OCC)c2o1.I. The van der Waals surface area contributed by atoms with Gasteiger partial charge in [-0.1, -0.05) is 12.1 Å². The molecular weight excluding hydrogens is 517 g/mol. The van der Waals surface area contributed by atoms with Crippen LogP contribution >= 0.6 is 24.0 Å². The smallest absolute Gasteiger partial charge is 0.191 e. The molecule has 9 heteroatoms. The van der Waals surface area contributed by atoms with Crippen LogP contribution in [0.15, 0.2) is 33.7 Å². The minimum absolute atomic E-state index is 0. The van der Waals surface area contributed by atoms with Gasteiger partial charge in [-0.2, -0.15) is 0 Å². The Bertz CT molecular complexity index is 949. The minimum atomic E-state index is -3.21. The molecular formula is C21H34IN3O4S. The van der Waals surface area contributed by atoms with Crippen molar-refractivity contribution in [2.45, 2.75) is 52.3 Å². The van der Waals surface area contributed by atoms with E-state index in [1.807, 2.05) is 45.0 Å². The van der Waals surface area contributed by atoms with E-state index < -0.39 is 14.6 Å². The Morgan fingerprint density at radius 3 is 2.57 bits per heavy atom. The summed E-state index contributed by atoms with van der Waals surface area (Å²) in [5.74, 6) is 2.02. The summed E-state index contributed by atoms with van der Waals surface area (Å²) in [7, 11) is -3.21. The zero-order valence-electron chi connectivity index (χ0n) is 18.6. The number of hydrogen-bond donors (Lipinski definition) is 2. The van der Waals surface area contributed by atoms with Gasteiger partial charge in [0.2, 0.25) is 0 Å². The first kappa shape index (κ1) is 26.5. The van der Waals surface area contributed by atoms with Crippen molar-refractivity contribution >= 4 is 50.7 Å². The van der Waals surface area contributed by atoms with Gasteiger partial charge in [-0.3, -0.25) is 4.99 Å². The first-order chi connectivity index (χ1) is 13.6. The lowest BCUT2D eigenvalue weighted by molar-refractivity contribution is 0.336. The highest BCUT2D eigenvalue weighted by Gasteiger charge is 2.28. The number of aliphatic imine (C=N–C) groups is 1. The van der Waals surface area contributed by atoms with Gasteiger partial charge in [0.25, 0.3) is 0 Å². The third-order valence-electron chi connectivity index (χ3n) is 4.51. The Labute approximate surface area is 197 Å². The number of furan rings is 1. The molecule has 2 rings (SSSR count). The first-order valence-corrected chi connectivity index (χ1v) is 11.7. The summed E-state index contributed by atoms with van der Waals surface area (Å²) < 4.78 is 35.4. The van der Waals surface area contributed by atoms with Crippen molar-refractivity contribution in [3.05, 3.63) is 30.0 Å². The first-order valence-electron chi connectivity index (χ1n) is 10.0. The van der Waals surface area contributed by atoms with E-state index in [0.717, 1.165) is 22.5 Å². The molecule has 0 aliphatic carbocycles. The van der Waals surface area contributed by atoms with Crippen LogP contribution in [-0.4, -0.2) is 44.6 Å². The predicted molar refractivity (Wildman–Crippen MR) is 134 cm³/mol. The third-order valence-corrected chi connectivity index (χ3v) is 7.10. The van der Waals surface area contributed by atoms with Gasteiger partial charge < -0.3 is 19.8 Å². The highest BCUT2D eigenvalue weighted by molar-refractivity contribution is 14.0. The molecule has 1 aromatic heterocycles. The van der Waals surface area contributed by atoms with E-state index in [1.165, 1.54) is 0 Å². The Kier molecular flexibility index (Phi) is 9.93. The lowest BCUT2D eigenvalue weighted by Gasteiger charge is -2.19. The number of hydrogen-bond acceptors (Lipinski definition) is 5. The van der Waals surface area contributed by atoms with Gasteiger partial charge in [0, 0.05) is 11.9 Å². The molecule has 0 fully saturated rings. The fourth-order valence-corrected chi connectivity index (χ4v) is 3.66. The fourth-order valence-electron chi connectivity index (χ4n) is 2.72. The van der Waals surface area contributed by atoms with Gasteiger partial charge in [0.1, 0.15) is 5.76 Å². The minimum Gasteiger partial charge on any atom is -0.490 e. The summed E-state index contributed by atoms with van der Waals surface area (Å²) in [6.07, 6.45) is 0. The number of nitrogens with one attached hydrogen (secondary N) is 2. The predicted octanol–water partition coefficient (Wildman–Crippen LogP) is 4.28. The highest BCUT2D eigenvalue weighted by atomic mass is 127. The molecule has 0 spiro atoms. The zero-order valence-corrected chi connectivity index (χ0v) is 21.8. The molecule has 0 aliphatic heterocycles. The molecule has 170 valence electrons. The molecule has 1 atom stereocenters. The molecule has 7 nitrogen and oxygen atoms in total. The number of rotatable bonds is 8. The number of ether oxygens (including phenoxy) is 1. The van der Waals surface area contributed by atoms with Crippen molar-refractivity contribution in [2.75, 3.05) is 25.4 Å². The summed E-state index contributed by atoms with van der Waals surface area (Å²) in [5.41, 5.74) is 0.719. The maximum Gasteiger partial charge on any atom is 0.191 e. The van der Waals surface area contributed by atoms with Crippen LogP contribution in [0.2, 0.25) is 0 Å². The van der Waals surface area contributed by atoms with Crippen molar-refractivity contribution in [3.8, 4) is 5.75 Å². The summed E-state index contributed by atoms with van der Waals surface area (Å²) >= 11 is 0. The van der Waals surface area contributed by atoms with Gasteiger partial charge in [0.15, 0.2) is 27.1 Å². The molecule has 0 saturated heterocycles. The molecule has 2 N–H and O–H groups in total. The summed E-state index contributed by atoms with van der Waals surface area (Å²) in [5, 5.41) is 7.40. The van der Waals surface area contributed by atoms with Crippen LogP contribution in [0.3, 0.4) is 0 Å². The quantitative estimate of drug-likeness (QED) is 0.289. The molecule has 0 radical (unpaired) electrons. The van der Waals surface area contributed by atoms with E-state index in [0.29, 0.717) is 19.1 Å². The largest absolute Gasteiger partial charge is 0.490 e. The number of sulfone groups is 1. The molecule has 1 heterocycles. The van der Waals surface area contributed by atoms with Gasteiger partial charge in [-0.15, -0.1) is 24.0 Å². The van der Waals surface area contributed by atoms with Crippen LogP contribution in [-0.2, 0) is 9.84 Å². The molecule has 0 aliphatic rings. The van der Waals surface area contributed by atoms with Gasteiger partial charge in [-0.25, -0.2) is 8.42 Å². The molecule has 1 aromatic carbocycles. The molecule has 0 bridgehead atoms. The third kappa shape index (κ3) is 6.76. The number of halogens is 1. The van der Waals surface area contributed by atoms with Crippen molar-refractivity contribution in [3.63, 3.8) is 0 Å².